The maximum atomic E-state index is 12.5. The summed E-state index contributed by atoms with van der Waals surface area (Å²) in [5.41, 5.74) is 0.239. The third-order valence-electron chi connectivity index (χ3n) is 4.14. The fourth-order valence-corrected chi connectivity index (χ4v) is 3.46. The molecule has 0 aliphatic heterocycles. The normalized spacial score (nSPS) is 13.7. The summed E-state index contributed by atoms with van der Waals surface area (Å²) in [5, 5.41) is 0.0910. The first-order chi connectivity index (χ1) is 9.46. The second kappa shape index (κ2) is 6.28. The smallest absolute Gasteiger partial charge is 0.193 e. The van der Waals surface area contributed by atoms with Crippen LogP contribution >= 0.6 is 0 Å². The van der Waals surface area contributed by atoms with Crippen LogP contribution in [0.15, 0.2) is 36.4 Å². The van der Waals surface area contributed by atoms with E-state index in [-0.39, 0.29) is 10.8 Å². The summed E-state index contributed by atoms with van der Waals surface area (Å²) >= 11 is 0. The molecule has 0 aliphatic carbocycles. The first-order valence-corrected chi connectivity index (χ1v) is 10.3. The zero-order chi connectivity index (χ0) is 16.3. The van der Waals surface area contributed by atoms with Crippen LogP contribution in [0, 0.1) is 0 Å². The molecule has 116 valence electrons. The van der Waals surface area contributed by atoms with Gasteiger partial charge in [0, 0.05) is 0 Å². The maximum Gasteiger partial charge on any atom is 0.193 e. The predicted molar refractivity (Wildman–Crippen MR) is 92.8 cm³/mol. The SMILES string of the molecule is CC(C)(O[Si](C)(C)C(C)(C)C)C(=O)/C=C/c1ccccc1. The minimum Gasteiger partial charge on any atom is -0.405 e. The summed E-state index contributed by atoms with van der Waals surface area (Å²) in [4.78, 5) is 12.5. The number of benzene rings is 1. The Morgan fingerprint density at radius 1 is 1.05 bits per heavy atom. The highest BCUT2D eigenvalue weighted by Gasteiger charge is 2.43. The van der Waals surface area contributed by atoms with Crippen molar-refractivity contribution in [2.75, 3.05) is 0 Å². The number of rotatable bonds is 5. The van der Waals surface area contributed by atoms with Gasteiger partial charge in [-0.3, -0.25) is 4.79 Å². The topological polar surface area (TPSA) is 26.3 Å². The molecule has 0 saturated carbocycles. The first-order valence-electron chi connectivity index (χ1n) is 7.43. The quantitative estimate of drug-likeness (QED) is 0.561. The third kappa shape index (κ3) is 4.94. The lowest BCUT2D eigenvalue weighted by Crippen LogP contribution is -2.50. The summed E-state index contributed by atoms with van der Waals surface area (Å²) in [5.74, 6) is 0.0104. The zero-order valence-electron chi connectivity index (χ0n) is 14.4. The molecular weight excluding hydrogens is 276 g/mol. The molecule has 0 aliphatic rings. The van der Waals surface area contributed by atoms with Crippen molar-refractivity contribution in [1.29, 1.82) is 0 Å². The van der Waals surface area contributed by atoms with E-state index >= 15 is 0 Å². The monoisotopic (exact) mass is 304 g/mol. The van der Waals surface area contributed by atoms with E-state index in [1.165, 1.54) is 0 Å². The van der Waals surface area contributed by atoms with Gasteiger partial charge in [0.25, 0.3) is 0 Å². The van der Waals surface area contributed by atoms with Gasteiger partial charge in [0.1, 0.15) is 5.60 Å². The molecule has 0 spiro atoms. The van der Waals surface area contributed by atoms with E-state index in [1.807, 2.05) is 50.3 Å². The molecule has 0 saturated heterocycles. The van der Waals surface area contributed by atoms with Crippen molar-refractivity contribution >= 4 is 20.2 Å². The summed E-state index contributed by atoms with van der Waals surface area (Å²) in [6, 6.07) is 9.84. The van der Waals surface area contributed by atoms with Crippen LogP contribution in [-0.2, 0) is 9.22 Å². The second-order valence-corrected chi connectivity index (χ2v) is 12.2. The maximum absolute atomic E-state index is 12.5. The fraction of sp³-hybridized carbons (Fsp3) is 0.500. The number of carbonyl (C=O) groups is 1. The van der Waals surface area contributed by atoms with Gasteiger partial charge in [0.05, 0.1) is 0 Å². The van der Waals surface area contributed by atoms with Crippen molar-refractivity contribution in [3.05, 3.63) is 42.0 Å². The molecule has 21 heavy (non-hydrogen) atoms. The van der Waals surface area contributed by atoms with Crippen molar-refractivity contribution in [2.45, 2.75) is 58.4 Å². The Morgan fingerprint density at radius 2 is 1.57 bits per heavy atom. The highest BCUT2D eigenvalue weighted by molar-refractivity contribution is 6.74. The van der Waals surface area contributed by atoms with E-state index in [0.717, 1.165) is 5.56 Å². The molecule has 3 heteroatoms. The van der Waals surface area contributed by atoms with Crippen molar-refractivity contribution in [3.63, 3.8) is 0 Å². The molecule has 1 rings (SSSR count). The lowest BCUT2D eigenvalue weighted by molar-refractivity contribution is -0.127. The highest BCUT2D eigenvalue weighted by Crippen LogP contribution is 2.39. The molecule has 0 fully saturated rings. The standard InChI is InChI=1S/C18H28O2Si/c1-17(2,3)21(6,7)20-18(4,5)16(19)14-13-15-11-9-8-10-12-15/h8-14H,1-7H3/b14-13+. The molecular formula is C18H28O2Si. The Hall–Kier alpha value is -1.19. The predicted octanol–water partition coefficient (Wildman–Crippen LogP) is 5.07. The molecule has 0 N–H and O–H groups in total. The van der Waals surface area contributed by atoms with Crippen LogP contribution in [0.5, 0.6) is 0 Å². The van der Waals surface area contributed by atoms with Crippen LogP contribution < -0.4 is 0 Å². The van der Waals surface area contributed by atoms with Crippen molar-refractivity contribution in [3.8, 4) is 0 Å². The molecule has 0 atom stereocenters. The number of hydrogen-bond donors (Lipinski definition) is 0. The second-order valence-electron chi connectivity index (χ2n) is 7.48. The Bertz CT molecular complexity index is 508. The van der Waals surface area contributed by atoms with Gasteiger partial charge in [-0.05, 0) is 43.6 Å². The third-order valence-corrected chi connectivity index (χ3v) is 8.77. The Labute approximate surface area is 130 Å². The van der Waals surface area contributed by atoms with E-state index in [0.29, 0.717) is 0 Å². The van der Waals surface area contributed by atoms with Gasteiger partial charge in [0.15, 0.2) is 14.1 Å². The minimum atomic E-state index is -1.97. The Morgan fingerprint density at radius 3 is 2.05 bits per heavy atom. The molecule has 0 radical (unpaired) electrons. The van der Waals surface area contributed by atoms with Gasteiger partial charge in [-0.1, -0.05) is 57.2 Å². The van der Waals surface area contributed by atoms with Crippen LogP contribution in [0.1, 0.15) is 40.2 Å². The first kappa shape index (κ1) is 17.9. The van der Waals surface area contributed by atoms with E-state index in [9.17, 15) is 4.79 Å². The number of hydrogen-bond acceptors (Lipinski definition) is 2. The average molecular weight is 305 g/mol. The van der Waals surface area contributed by atoms with Crippen LogP contribution in [0.2, 0.25) is 18.1 Å². The highest BCUT2D eigenvalue weighted by atomic mass is 28.4. The number of carbonyl (C=O) groups excluding carboxylic acids is 1. The van der Waals surface area contributed by atoms with Crippen molar-refractivity contribution < 1.29 is 9.22 Å². The zero-order valence-corrected chi connectivity index (χ0v) is 15.4. The van der Waals surface area contributed by atoms with Crippen molar-refractivity contribution in [2.24, 2.45) is 0 Å². The van der Waals surface area contributed by atoms with Gasteiger partial charge in [-0.15, -0.1) is 0 Å². The molecule has 0 aromatic heterocycles. The van der Waals surface area contributed by atoms with Crippen LogP contribution in [0.4, 0.5) is 0 Å². The lowest BCUT2D eigenvalue weighted by Gasteiger charge is -2.41. The lowest BCUT2D eigenvalue weighted by atomic mass is 10.0. The Kier molecular flexibility index (Phi) is 5.34. The largest absolute Gasteiger partial charge is 0.405 e. The number of ketones is 1. The summed E-state index contributed by atoms with van der Waals surface area (Å²) in [7, 11) is -1.97. The minimum absolute atomic E-state index is 0.0104. The van der Waals surface area contributed by atoms with E-state index in [1.54, 1.807) is 6.08 Å². The molecule has 0 heterocycles. The van der Waals surface area contributed by atoms with E-state index < -0.39 is 13.9 Å². The molecule has 0 bridgehead atoms. The van der Waals surface area contributed by atoms with Crippen molar-refractivity contribution in [1.82, 2.24) is 0 Å². The summed E-state index contributed by atoms with van der Waals surface area (Å²) < 4.78 is 6.28. The molecule has 0 amide bonds. The van der Waals surface area contributed by atoms with Crippen LogP contribution in [0.3, 0.4) is 0 Å². The average Bonchev–Trinajstić information content (AvgIpc) is 2.34. The van der Waals surface area contributed by atoms with Crippen LogP contribution in [0.25, 0.3) is 6.08 Å². The van der Waals surface area contributed by atoms with Gasteiger partial charge >= 0.3 is 0 Å². The summed E-state index contributed by atoms with van der Waals surface area (Å²) in [6.45, 7) is 14.6. The van der Waals surface area contributed by atoms with Crippen LogP contribution in [-0.4, -0.2) is 19.7 Å². The van der Waals surface area contributed by atoms with E-state index in [2.05, 4.69) is 33.9 Å². The van der Waals surface area contributed by atoms with Gasteiger partial charge in [-0.2, -0.15) is 0 Å². The summed E-state index contributed by atoms with van der Waals surface area (Å²) in [6.07, 6.45) is 3.47. The molecule has 2 nitrogen and oxygen atoms in total. The molecule has 0 unspecified atom stereocenters. The van der Waals surface area contributed by atoms with Gasteiger partial charge in [-0.25, -0.2) is 0 Å². The Balaban J connectivity index is 2.83. The fourth-order valence-electron chi connectivity index (χ4n) is 1.78. The van der Waals surface area contributed by atoms with Gasteiger partial charge < -0.3 is 4.43 Å². The molecule has 1 aromatic carbocycles. The van der Waals surface area contributed by atoms with Gasteiger partial charge in [0.2, 0.25) is 0 Å². The van der Waals surface area contributed by atoms with E-state index in [4.69, 9.17) is 4.43 Å². The molecule has 1 aromatic rings.